The highest BCUT2D eigenvalue weighted by Crippen LogP contribution is 2.18. The summed E-state index contributed by atoms with van der Waals surface area (Å²) in [4.78, 5) is 24.5. The van der Waals surface area contributed by atoms with Gasteiger partial charge in [-0.1, -0.05) is 28.1 Å². The molecule has 0 spiro atoms. The van der Waals surface area contributed by atoms with Crippen LogP contribution in [-0.2, 0) is 16.0 Å². The molecular formula is C18H27BrN2O3. The predicted molar refractivity (Wildman–Crippen MR) is 99.0 cm³/mol. The van der Waals surface area contributed by atoms with Gasteiger partial charge in [-0.3, -0.25) is 4.79 Å². The number of hydrogen-bond acceptors (Lipinski definition) is 3. The summed E-state index contributed by atoms with van der Waals surface area (Å²) < 4.78 is 6.28. The molecule has 0 aromatic heterocycles. The van der Waals surface area contributed by atoms with Crippen molar-refractivity contribution in [2.45, 2.75) is 65.6 Å². The number of amides is 2. The molecule has 1 atom stereocenters. The van der Waals surface area contributed by atoms with E-state index in [-0.39, 0.29) is 11.9 Å². The van der Waals surface area contributed by atoms with Gasteiger partial charge in [0, 0.05) is 16.9 Å². The number of ether oxygens (including phenoxy) is 1. The molecule has 1 aromatic carbocycles. The van der Waals surface area contributed by atoms with Crippen LogP contribution in [0.4, 0.5) is 4.79 Å². The lowest BCUT2D eigenvalue weighted by atomic mass is 10.0. The van der Waals surface area contributed by atoms with E-state index in [2.05, 4.69) is 26.6 Å². The summed E-state index contributed by atoms with van der Waals surface area (Å²) in [6.07, 6.45) is -0.202. The maximum Gasteiger partial charge on any atom is 0.408 e. The van der Waals surface area contributed by atoms with Gasteiger partial charge in [0.25, 0.3) is 0 Å². The molecule has 0 bridgehead atoms. The number of aryl methyl sites for hydroxylation is 1. The Kier molecular flexibility index (Phi) is 7.27. The minimum atomic E-state index is -0.692. The molecule has 6 heteroatoms. The van der Waals surface area contributed by atoms with Crippen LogP contribution in [0.5, 0.6) is 0 Å². The van der Waals surface area contributed by atoms with Gasteiger partial charge in [-0.05, 0) is 58.7 Å². The van der Waals surface area contributed by atoms with Crippen molar-refractivity contribution in [3.8, 4) is 0 Å². The van der Waals surface area contributed by atoms with Crippen molar-refractivity contribution in [1.29, 1.82) is 0 Å². The summed E-state index contributed by atoms with van der Waals surface area (Å²) in [5, 5.41) is 5.52. The van der Waals surface area contributed by atoms with Crippen molar-refractivity contribution in [3.05, 3.63) is 33.8 Å². The molecule has 0 saturated heterocycles. The van der Waals surface area contributed by atoms with E-state index in [0.717, 1.165) is 15.6 Å². The fourth-order valence-electron chi connectivity index (χ4n) is 2.11. The molecule has 2 amide bonds. The lowest BCUT2D eigenvalue weighted by molar-refractivity contribution is -0.123. The van der Waals surface area contributed by atoms with Gasteiger partial charge < -0.3 is 15.4 Å². The molecule has 5 nitrogen and oxygen atoms in total. The van der Waals surface area contributed by atoms with E-state index in [4.69, 9.17) is 4.74 Å². The van der Waals surface area contributed by atoms with Gasteiger partial charge in [0.1, 0.15) is 11.6 Å². The monoisotopic (exact) mass is 398 g/mol. The van der Waals surface area contributed by atoms with Crippen LogP contribution >= 0.6 is 15.9 Å². The van der Waals surface area contributed by atoms with Gasteiger partial charge in [-0.2, -0.15) is 0 Å². The van der Waals surface area contributed by atoms with E-state index >= 15 is 0 Å². The summed E-state index contributed by atoms with van der Waals surface area (Å²) in [7, 11) is 0. The number of carbonyl (C=O) groups is 2. The molecule has 134 valence electrons. The maximum absolute atomic E-state index is 12.4. The van der Waals surface area contributed by atoms with E-state index in [9.17, 15) is 9.59 Å². The first-order chi connectivity index (χ1) is 11.0. The Bertz CT molecular complexity index is 594. The topological polar surface area (TPSA) is 67.4 Å². The van der Waals surface area contributed by atoms with Crippen LogP contribution in [0.3, 0.4) is 0 Å². The molecule has 1 aromatic rings. The van der Waals surface area contributed by atoms with Crippen LogP contribution in [0.1, 0.15) is 45.7 Å². The highest BCUT2D eigenvalue weighted by atomic mass is 79.9. The largest absolute Gasteiger partial charge is 0.444 e. The third kappa shape index (κ3) is 7.34. The number of rotatable bonds is 5. The molecule has 0 aliphatic rings. The van der Waals surface area contributed by atoms with Crippen LogP contribution in [-0.4, -0.2) is 29.7 Å². The molecule has 0 aliphatic carbocycles. The standard InChI is InChI=1S/C18H27BrN2O3/c1-11(2)20-16(22)15(21-17(23)24-18(4,5)6)10-13-7-8-14(19)12(3)9-13/h7-9,11,15H,10H2,1-6H3,(H,20,22)(H,21,23). The van der Waals surface area contributed by atoms with Crippen molar-refractivity contribution >= 4 is 27.9 Å². The molecule has 0 fully saturated rings. The lowest BCUT2D eigenvalue weighted by Gasteiger charge is -2.24. The minimum Gasteiger partial charge on any atom is -0.444 e. The van der Waals surface area contributed by atoms with Crippen molar-refractivity contribution < 1.29 is 14.3 Å². The van der Waals surface area contributed by atoms with Gasteiger partial charge in [-0.25, -0.2) is 4.79 Å². The number of nitrogens with one attached hydrogen (secondary N) is 2. The van der Waals surface area contributed by atoms with E-state index in [1.54, 1.807) is 20.8 Å². The molecule has 1 rings (SSSR count). The number of halogens is 1. The average Bonchev–Trinajstić information content (AvgIpc) is 2.39. The van der Waals surface area contributed by atoms with Crippen LogP contribution in [0.25, 0.3) is 0 Å². The Morgan fingerprint density at radius 1 is 1.21 bits per heavy atom. The molecule has 2 N–H and O–H groups in total. The SMILES string of the molecule is Cc1cc(CC(NC(=O)OC(C)(C)C)C(=O)NC(C)C)ccc1Br. The Labute approximate surface area is 152 Å². The van der Waals surface area contributed by atoms with Crippen LogP contribution in [0.15, 0.2) is 22.7 Å². The van der Waals surface area contributed by atoms with E-state index in [1.165, 1.54) is 0 Å². The highest BCUT2D eigenvalue weighted by molar-refractivity contribution is 9.10. The smallest absolute Gasteiger partial charge is 0.408 e. The fraction of sp³-hybridized carbons (Fsp3) is 0.556. The third-order valence-corrected chi connectivity index (χ3v) is 3.99. The van der Waals surface area contributed by atoms with Gasteiger partial charge in [0.2, 0.25) is 5.91 Å². The van der Waals surface area contributed by atoms with Gasteiger partial charge in [0.05, 0.1) is 0 Å². The normalized spacial score (nSPS) is 12.7. The number of benzene rings is 1. The molecule has 0 saturated carbocycles. The molecule has 0 aliphatic heterocycles. The first-order valence-corrected chi connectivity index (χ1v) is 8.82. The lowest BCUT2D eigenvalue weighted by Crippen LogP contribution is -2.50. The van der Waals surface area contributed by atoms with Gasteiger partial charge in [-0.15, -0.1) is 0 Å². The Balaban J connectivity index is 2.90. The van der Waals surface area contributed by atoms with Crippen molar-refractivity contribution in [2.24, 2.45) is 0 Å². The van der Waals surface area contributed by atoms with E-state index < -0.39 is 17.7 Å². The number of carbonyl (C=O) groups excluding carboxylic acids is 2. The van der Waals surface area contributed by atoms with Crippen LogP contribution < -0.4 is 10.6 Å². The molecule has 1 unspecified atom stereocenters. The summed E-state index contributed by atoms with van der Waals surface area (Å²) in [5.41, 5.74) is 1.43. The number of alkyl carbamates (subject to hydrolysis) is 1. The molecule has 0 radical (unpaired) electrons. The van der Waals surface area contributed by atoms with Crippen molar-refractivity contribution in [2.75, 3.05) is 0 Å². The van der Waals surface area contributed by atoms with Crippen LogP contribution in [0.2, 0.25) is 0 Å². The van der Waals surface area contributed by atoms with Crippen molar-refractivity contribution in [1.82, 2.24) is 10.6 Å². The fourth-order valence-corrected chi connectivity index (χ4v) is 2.36. The second-order valence-electron chi connectivity index (χ2n) is 7.15. The Morgan fingerprint density at radius 3 is 2.33 bits per heavy atom. The summed E-state index contributed by atoms with van der Waals surface area (Å²) in [6.45, 7) is 11.1. The molecule has 0 heterocycles. The number of hydrogen-bond donors (Lipinski definition) is 2. The second kappa shape index (κ2) is 8.51. The van der Waals surface area contributed by atoms with Gasteiger partial charge in [0.15, 0.2) is 0 Å². The zero-order chi connectivity index (χ0) is 18.5. The van der Waals surface area contributed by atoms with Crippen molar-refractivity contribution in [3.63, 3.8) is 0 Å². The first kappa shape index (κ1) is 20.5. The second-order valence-corrected chi connectivity index (χ2v) is 8.00. The van der Waals surface area contributed by atoms with Crippen LogP contribution in [0, 0.1) is 6.92 Å². The Morgan fingerprint density at radius 2 is 1.83 bits per heavy atom. The van der Waals surface area contributed by atoms with E-state index in [0.29, 0.717) is 6.42 Å². The highest BCUT2D eigenvalue weighted by Gasteiger charge is 2.25. The predicted octanol–water partition coefficient (Wildman–Crippen LogP) is 3.72. The van der Waals surface area contributed by atoms with E-state index in [1.807, 2.05) is 39.0 Å². The molecule has 24 heavy (non-hydrogen) atoms. The third-order valence-electron chi connectivity index (χ3n) is 3.10. The first-order valence-electron chi connectivity index (χ1n) is 8.03. The summed E-state index contributed by atoms with van der Waals surface area (Å²) in [5.74, 6) is -0.226. The zero-order valence-electron chi connectivity index (χ0n) is 15.2. The average molecular weight is 399 g/mol. The molecular weight excluding hydrogens is 372 g/mol. The Hall–Kier alpha value is -1.56. The quantitative estimate of drug-likeness (QED) is 0.793. The maximum atomic E-state index is 12.4. The summed E-state index contributed by atoms with van der Waals surface area (Å²) >= 11 is 3.46. The zero-order valence-corrected chi connectivity index (χ0v) is 16.8. The summed E-state index contributed by atoms with van der Waals surface area (Å²) in [6, 6.07) is 5.17. The van der Waals surface area contributed by atoms with Gasteiger partial charge >= 0.3 is 6.09 Å². The minimum absolute atomic E-state index is 0.00732.